The molecule has 12 N–H and O–H groups in total. The molecule has 21 atom stereocenters. The number of allylic oxidation sites excluding steroid dienone is 3. The average molecular weight is 1020 g/mol. The minimum absolute atomic E-state index is 0.0218. The lowest BCUT2D eigenvalue weighted by Gasteiger charge is -2.63. The maximum absolute atomic E-state index is 15.4. The number of aromatic nitrogens is 1. The Morgan fingerprint density at radius 1 is 1.00 bits per heavy atom. The molecule has 1 spiro atoms. The average Bonchev–Trinajstić information content (AvgIpc) is 4.03. The summed E-state index contributed by atoms with van der Waals surface area (Å²) < 4.78 is 6.33. The lowest BCUT2D eigenvalue weighted by molar-refractivity contribution is -0.227. The number of guanidine groups is 1. The molecule has 1 aromatic heterocycles. The Kier molecular flexibility index (Phi) is 13.8. The molecular weight excluding hydrogens is 939 g/mol. The number of aromatic amines is 1. The molecule has 15 nitrogen and oxygen atoms in total. The fourth-order valence-electron chi connectivity index (χ4n) is 19.0. The van der Waals surface area contributed by atoms with Gasteiger partial charge < -0.3 is 57.1 Å². The van der Waals surface area contributed by atoms with Crippen molar-refractivity contribution < 1.29 is 49.8 Å². The molecule has 0 aromatic carbocycles. The lowest BCUT2D eigenvalue weighted by Crippen LogP contribution is -2.67. The van der Waals surface area contributed by atoms with Crippen molar-refractivity contribution in [3.63, 3.8) is 0 Å². The van der Waals surface area contributed by atoms with Crippen LogP contribution in [-0.2, 0) is 19.1 Å². The number of nitrogens with two attached hydrogens (primary N) is 2. The molecule has 0 unspecified atom stereocenters. The number of aliphatic hydroxyl groups is 6. The summed E-state index contributed by atoms with van der Waals surface area (Å²) in [5.74, 6) is 3.36. The van der Waals surface area contributed by atoms with E-state index >= 15 is 4.79 Å². The summed E-state index contributed by atoms with van der Waals surface area (Å²) in [6, 6.07) is 0.778. The first-order valence-electron chi connectivity index (χ1n) is 28.3. The predicted octanol–water partition coefficient (Wildman–Crippen LogP) is 5.08. The van der Waals surface area contributed by atoms with E-state index in [1.165, 1.54) is 12.5 Å². The van der Waals surface area contributed by atoms with Crippen molar-refractivity contribution in [1.82, 2.24) is 10.3 Å². The highest BCUT2D eigenvalue weighted by atomic mass is 16.6. The van der Waals surface area contributed by atoms with Crippen LogP contribution in [0.4, 0.5) is 0 Å². The van der Waals surface area contributed by atoms with Crippen molar-refractivity contribution >= 4 is 23.5 Å². The second-order valence-electron chi connectivity index (χ2n) is 25.9. The highest BCUT2D eigenvalue weighted by molar-refractivity contribution is 6.00. The van der Waals surface area contributed by atoms with Gasteiger partial charge in [-0.15, -0.1) is 5.92 Å². The molecule has 6 fully saturated rings. The van der Waals surface area contributed by atoms with E-state index < -0.39 is 93.6 Å². The van der Waals surface area contributed by atoms with Gasteiger partial charge in [0.2, 0.25) is 0 Å². The summed E-state index contributed by atoms with van der Waals surface area (Å²) in [5, 5.41) is 79.1. The van der Waals surface area contributed by atoms with Crippen LogP contribution in [0.15, 0.2) is 46.4 Å². The van der Waals surface area contributed by atoms with Crippen molar-refractivity contribution in [2.24, 2.45) is 91.9 Å². The molecule has 8 aliphatic carbocycles. The Hall–Kier alpha value is -4.04. The second kappa shape index (κ2) is 19.2. The van der Waals surface area contributed by atoms with Gasteiger partial charge in [-0.2, -0.15) is 0 Å². The normalized spacial score (nSPS) is 47.0. The molecule has 1 saturated heterocycles. The molecule has 5 saturated carbocycles. The van der Waals surface area contributed by atoms with Gasteiger partial charge in [-0.25, -0.2) is 0 Å². The van der Waals surface area contributed by atoms with E-state index in [1.54, 1.807) is 6.92 Å². The van der Waals surface area contributed by atoms with Crippen LogP contribution in [0.3, 0.4) is 0 Å². The third kappa shape index (κ3) is 8.02. The summed E-state index contributed by atoms with van der Waals surface area (Å²) in [4.78, 5) is 50.5. The molecular formula is C59H85N5O10. The first-order valence-corrected chi connectivity index (χ1v) is 28.3. The van der Waals surface area contributed by atoms with Gasteiger partial charge in [0.1, 0.15) is 12.1 Å². The summed E-state index contributed by atoms with van der Waals surface area (Å²) in [6.07, 6.45) is 11.3. The fourth-order valence-corrected chi connectivity index (χ4v) is 19.0. The number of H-pyrrole nitrogens is 1. The Morgan fingerprint density at radius 2 is 1.77 bits per heavy atom. The van der Waals surface area contributed by atoms with Gasteiger partial charge in [0.15, 0.2) is 17.5 Å². The monoisotopic (exact) mass is 1020 g/mol. The van der Waals surface area contributed by atoms with E-state index in [0.29, 0.717) is 50.0 Å². The first kappa shape index (κ1) is 53.4. The van der Waals surface area contributed by atoms with E-state index in [4.69, 9.17) is 16.2 Å². The van der Waals surface area contributed by atoms with Gasteiger partial charge in [0, 0.05) is 54.4 Å². The van der Waals surface area contributed by atoms with Crippen molar-refractivity contribution in [2.45, 2.75) is 191 Å². The Labute approximate surface area is 437 Å². The molecule has 10 rings (SSSR count). The molecule has 2 heterocycles. The Bertz CT molecular complexity index is 2530. The van der Waals surface area contributed by atoms with E-state index in [2.05, 4.69) is 54.0 Å². The number of nitrogens with zero attached hydrogens (tertiary/aromatic N) is 1. The summed E-state index contributed by atoms with van der Waals surface area (Å²) in [7, 11) is 0. The molecule has 9 aliphatic rings. The zero-order valence-electron chi connectivity index (χ0n) is 44.6. The summed E-state index contributed by atoms with van der Waals surface area (Å²) in [5.41, 5.74) is 6.84. The van der Waals surface area contributed by atoms with Crippen LogP contribution in [0.5, 0.6) is 0 Å². The number of ether oxygens (including phenoxy) is 1. The number of carbonyl (C=O) groups is 3. The summed E-state index contributed by atoms with van der Waals surface area (Å²) in [6.45, 7) is 11.2. The van der Waals surface area contributed by atoms with E-state index in [9.17, 15) is 40.2 Å². The molecule has 74 heavy (non-hydrogen) atoms. The van der Waals surface area contributed by atoms with Crippen molar-refractivity contribution in [1.29, 1.82) is 0 Å². The fraction of sp³-hybridized carbons (Fsp3) is 0.763. The standard InChI is InChI=1S/C59H85N5O10/c1-7-45-46(47(52(70)74-45)37-16-21-62-29-37)35-9-8-10-36-27-59(73)48-39(54(5)28-44(68)43(67)24-41(54)50(69)49(48)64-42(30-65)33(4)66)15-17-57(59,20-22-63-53(60)61)51(36)55(6,71)58(72)19-18-56(26-35)38(32(3)25-58)14-13-34-12-11-31(2)23-40(34)56/h13,16,21,29,31-32,35-36,38-47,51,62,64-65,67-68,71-73H,7,10-12,14-15,17-20,22-28,30H2,1-6H3,(H4,60,61,63)/t31-,32+,35+,36+,38-,39-,40+,41-,42-,43+,44-,45+,46+,47-,51+,54+,55+,56-,57-,58+,59+/m0/s1. The highest BCUT2D eigenvalue weighted by Crippen LogP contribution is 2.74. The van der Waals surface area contributed by atoms with Crippen LogP contribution >= 0.6 is 0 Å². The number of esters is 1. The van der Waals surface area contributed by atoms with Gasteiger partial charge >= 0.3 is 5.97 Å². The molecule has 15 heteroatoms. The number of rotatable bonds is 10. The quantitative estimate of drug-likeness (QED) is 0.0483. The van der Waals surface area contributed by atoms with Crippen molar-refractivity contribution in [2.75, 3.05) is 13.2 Å². The van der Waals surface area contributed by atoms with Crippen LogP contribution in [0.2, 0.25) is 0 Å². The molecule has 0 amide bonds. The van der Waals surface area contributed by atoms with E-state index in [-0.39, 0.29) is 104 Å². The van der Waals surface area contributed by atoms with Crippen LogP contribution in [0.1, 0.15) is 156 Å². The lowest BCUT2D eigenvalue weighted by atomic mass is 9.43. The number of Topliss-reactive ketones (excluding diaryl/α,β-unsaturated/α-hetero) is 2. The third-order valence-corrected chi connectivity index (χ3v) is 22.4. The minimum atomic E-state index is -1.91. The summed E-state index contributed by atoms with van der Waals surface area (Å²) >= 11 is 0. The number of aliphatic hydroxyl groups excluding tert-OH is 3. The highest BCUT2D eigenvalue weighted by Gasteiger charge is 2.76. The van der Waals surface area contributed by atoms with Gasteiger partial charge in [0.05, 0.1) is 47.2 Å². The molecule has 406 valence electrons. The van der Waals surface area contributed by atoms with Crippen LogP contribution in [-0.4, -0.2) is 113 Å². The van der Waals surface area contributed by atoms with Crippen LogP contribution < -0.4 is 16.8 Å². The number of ketones is 2. The molecule has 2 bridgehead atoms. The zero-order chi connectivity index (χ0) is 53.1. The SMILES string of the molecule is CC[C@H]1OC(=O)[C@@H](c2cc[nH]c2)[C@@H]1[C@@H]1C#CC[C@@H]2C[C@@]3(O)C4=C(N[C@@H](CO)C(C)=O)C(=O)[C@@H]5C[C@@H](O)[C@@H](O)C[C@]5(C)[C@H]4CC[C@]3(CCN=C(N)N)[C@H]2[C@@](C)(O)[C@@]2(O)CC[C@@]3(C1)[C@@H]1C[C@@H](C)CCC1=CC[C@H]3[C@H](C)C2. The van der Waals surface area contributed by atoms with Gasteiger partial charge in [-0.05, 0) is 174 Å². The van der Waals surface area contributed by atoms with E-state index in [1.807, 2.05) is 25.4 Å². The van der Waals surface area contributed by atoms with Gasteiger partial charge in [-0.3, -0.25) is 19.4 Å². The largest absolute Gasteiger partial charge is 0.462 e. The maximum atomic E-state index is 15.4. The van der Waals surface area contributed by atoms with Crippen molar-refractivity contribution in [3.8, 4) is 11.8 Å². The van der Waals surface area contributed by atoms with Crippen molar-refractivity contribution in [3.05, 3.63) is 46.9 Å². The number of hydrogen-bond acceptors (Lipinski definition) is 12. The predicted molar refractivity (Wildman–Crippen MR) is 278 cm³/mol. The Balaban J connectivity index is 1.21. The Morgan fingerprint density at radius 3 is 2.46 bits per heavy atom. The van der Waals surface area contributed by atoms with Crippen LogP contribution in [0, 0.1) is 87.3 Å². The maximum Gasteiger partial charge on any atom is 0.314 e. The number of hydrogen-bond donors (Lipinski definition) is 10. The van der Waals surface area contributed by atoms with E-state index in [0.717, 1.165) is 31.2 Å². The number of carbonyl (C=O) groups excluding carboxylic acids is 3. The number of cyclic esters (lactones) is 1. The molecule has 0 radical (unpaired) electrons. The zero-order valence-corrected chi connectivity index (χ0v) is 44.6. The van der Waals surface area contributed by atoms with Gasteiger partial charge in [0.25, 0.3) is 0 Å². The van der Waals surface area contributed by atoms with Crippen LogP contribution in [0.25, 0.3) is 0 Å². The third-order valence-electron chi connectivity index (χ3n) is 22.4. The second-order valence-corrected chi connectivity index (χ2v) is 25.9. The van der Waals surface area contributed by atoms with Gasteiger partial charge in [-0.1, -0.05) is 45.3 Å². The minimum Gasteiger partial charge on any atom is -0.462 e. The molecule has 1 aliphatic heterocycles. The number of fused-ring (bicyclic) bond motifs is 10. The number of nitrogens with one attached hydrogen (secondary N) is 2. The number of aliphatic imine (C=N–C) groups is 1. The first-order chi connectivity index (χ1) is 35.0. The molecule has 1 aromatic rings. The topological polar surface area (TPSA) is 274 Å². The smallest absolute Gasteiger partial charge is 0.314 e.